The summed E-state index contributed by atoms with van der Waals surface area (Å²) in [7, 11) is -3.03. The molecule has 0 saturated carbocycles. The molecule has 11 heavy (non-hydrogen) atoms. The van der Waals surface area contributed by atoms with Crippen LogP contribution in [-0.2, 0) is 8.27 Å². The standard InChI is InChI=1S/C7H11BrO2S/c1-6-3-2-4-7(5-6)11(8,9)10/h2,4,6-7H,3,5H2,1H3/t6-,7+/m1/s1. The second-order valence-electron chi connectivity index (χ2n) is 3.02. The Morgan fingerprint density at radius 3 is 2.55 bits per heavy atom. The molecule has 0 fully saturated rings. The van der Waals surface area contributed by atoms with Crippen molar-refractivity contribution in [3.63, 3.8) is 0 Å². The highest BCUT2D eigenvalue weighted by molar-refractivity contribution is 9.47. The highest BCUT2D eigenvalue weighted by Crippen LogP contribution is 2.25. The van der Waals surface area contributed by atoms with E-state index < -0.39 is 8.27 Å². The van der Waals surface area contributed by atoms with Gasteiger partial charge in [-0.3, -0.25) is 0 Å². The van der Waals surface area contributed by atoms with Gasteiger partial charge in [-0.1, -0.05) is 19.1 Å². The van der Waals surface area contributed by atoms with E-state index in [1.807, 2.05) is 6.08 Å². The predicted octanol–water partition coefficient (Wildman–Crippen LogP) is 2.07. The van der Waals surface area contributed by atoms with E-state index in [2.05, 4.69) is 21.7 Å². The minimum atomic E-state index is -3.03. The first-order chi connectivity index (χ1) is 5.00. The van der Waals surface area contributed by atoms with Gasteiger partial charge in [-0.15, -0.1) is 0 Å². The number of rotatable bonds is 1. The Morgan fingerprint density at radius 2 is 2.18 bits per heavy atom. The van der Waals surface area contributed by atoms with Crippen molar-refractivity contribution in [3.05, 3.63) is 12.2 Å². The molecule has 0 N–H and O–H groups in total. The van der Waals surface area contributed by atoms with Crippen LogP contribution in [0.4, 0.5) is 0 Å². The van der Waals surface area contributed by atoms with Crippen LogP contribution in [0.5, 0.6) is 0 Å². The van der Waals surface area contributed by atoms with Gasteiger partial charge in [0.25, 0.3) is 0 Å². The predicted molar refractivity (Wildman–Crippen MR) is 49.2 cm³/mol. The molecule has 1 aliphatic rings. The highest BCUT2D eigenvalue weighted by Gasteiger charge is 2.24. The maximum atomic E-state index is 11.0. The molecule has 2 nitrogen and oxygen atoms in total. The van der Waals surface area contributed by atoms with Crippen LogP contribution in [0, 0.1) is 5.92 Å². The van der Waals surface area contributed by atoms with E-state index in [-0.39, 0.29) is 5.25 Å². The number of halogens is 1. The first-order valence-corrected chi connectivity index (χ1v) is 6.99. The third-order valence-corrected chi connectivity index (χ3v) is 4.40. The summed E-state index contributed by atoms with van der Waals surface area (Å²) in [5.74, 6) is 0.484. The lowest BCUT2D eigenvalue weighted by Crippen LogP contribution is -2.19. The van der Waals surface area contributed by atoms with Crippen LogP contribution >= 0.6 is 14.8 Å². The summed E-state index contributed by atoms with van der Waals surface area (Å²) in [6.07, 6.45) is 5.45. The average Bonchev–Trinajstić information content (AvgIpc) is 1.86. The molecule has 1 rings (SSSR count). The van der Waals surface area contributed by atoms with Gasteiger partial charge in [-0.25, -0.2) is 8.42 Å². The topological polar surface area (TPSA) is 34.1 Å². The van der Waals surface area contributed by atoms with Gasteiger partial charge >= 0.3 is 0 Å². The lowest BCUT2D eigenvalue weighted by molar-refractivity contribution is 0.515. The summed E-state index contributed by atoms with van der Waals surface area (Å²) in [5.41, 5.74) is 0. The molecule has 0 aromatic heterocycles. The summed E-state index contributed by atoms with van der Waals surface area (Å²) < 4.78 is 22.0. The van der Waals surface area contributed by atoms with E-state index in [9.17, 15) is 8.42 Å². The molecule has 64 valence electrons. The van der Waals surface area contributed by atoms with E-state index in [1.54, 1.807) is 6.08 Å². The Balaban J connectivity index is 2.76. The molecule has 1 aliphatic carbocycles. The fourth-order valence-electron chi connectivity index (χ4n) is 1.24. The number of hydrogen-bond donors (Lipinski definition) is 0. The maximum absolute atomic E-state index is 11.0. The van der Waals surface area contributed by atoms with Crippen molar-refractivity contribution in [2.75, 3.05) is 0 Å². The van der Waals surface area contributed by atoms with Gasteiger partial charge in [0.2, 0.25) is 8.27 Å². The largest absolute Gasteiger partial charge is 0.216 e. The summed E-state index contributed by atoms with van der Waals surface area (Å²) in [6, 6.07) is 0. The molecule has 0 spiro atoms. The zero-order chi connectivity index (χ0) is 8.48. The molecule has 4 heteroatoms. The van der Waals surface area contributed by atoms with Crippen LogP contribution in [0.15, 0.2) is 12.2 Å². The lowest BCUT2D eigenvalue weighted by Gasteiger charge is -2.18. The van der Waals surface area contributed by atoms with E-state index in [1.165, 1.54) is 0 Å². The van der Waals surface area contributed by atoms with Gasteiger partial charge in [0.1, 0.15) is 0 Å². The lowest BCUT2D eigenvalue weighted by atomic mass is 9.96. The molecule has 0 bridgehead atoms. The fourth-order valence-corrected chi connectivity index (χ4v) is 2.93. The molecule has 0 radical (unpaired) electrons. The molecule has 0 unspecified atom stereocenters. The van der Waals surface area contributed by atoms with Crippen LogP contribution in [0.25, 0.3) is 0 Å². The first-order valence-electron chi connectivity index (χ1n) is 3.60. The molecular weight excluding hydrogens is 228 g/mol. The van der Waals surface area contributed by atoms with Crippen LogP contribution in [-0.4, -0.2) is 13.7 Å². The number of allylic oxidation sites excluding steroid dienone is 1. The van der Waals surface area contributed by atoms with Crippen molar-refractivity contribution >= 4 is 23.1 Å². The molecular formula is C7H11BrO2S. The smallest absolute Gasteiger partial charge is 0.215 e. The van der Waals surface area contributed by atoms with Crippen molar-refractivity contribution in [3.8, 4) is 0 Å². The molecule has 0 aromatic carbocycles. The van der Waals surface area contributed by atoms with Crippen molar-refractivity contribution in [1.82, 2.24) is 0 Å². The average molecular weight is 239 g/mol. The third kappa shape index (κ3) is 2.60. The van der Waals surface area contributed by atoms with E-state index >= 15 is 0 Å². The molecule has 0 aliphatic heterocycles. The Hall–Kier alpha value is 0.170. The van der Waals surface area contributed by atoms with Crippen molar-refractivity contribution in [2.45, 2.75) is 25.0 Å². The Labute approximate surface area is 74.8 Å². The first kappa shape index (κ1) is 9.26. The third-order valence-electron chi connectivity index (χ3n) is 1.89. The summed E-state index contributed by atoms with van der Waals surface area (Å²) >= 11 is 2.69. The van der Waals surface area contributed by atoms with Gasteiger partial charge in [0.15, 0.2) is 0 Å². The summed E-state index contributed by atoms with van der Waals surface area (Å²) in [6.45, 7) is 2.06. The van der Waals surface area contributed by atoms with Gasteiger partial charge in [-0.05, 0) is 18.8 Å². The van der Waals surface area contributed by atoms with E-state index in [0.29, 0.717) is 5.92 Å². The van der Waals surface area contributed by atoms with Gasteiger partial charge < -0.3 is 0 Å². The Kier molecular flexibility index (Phi) is 2.75. The minimum Gasteiger partial charge on any atom is -0.216 e. The summed E-state index contributed by atoms with van der Waals surface area (Å²) in [5, 5.41) is -0.314. The van der Waals surface area contributed by atoms with Gasteiger partial charge in [0.05, 0.1) is 20.1 Å². The van der Waals surface area contributed by atoms with Crippen LogP contribution in [0.2, 0.25) is 0 Å². The SMILES string of the molecule is C[C@@H]1CC=C[C@H](S(=O)(=O)Br)C1. The fraction of sp³-hybridized carbons (Fsp3) is 0.714. The van der Waals surface area contributed by atoms with Crippen molar-refractivity contribution < 1.29 is 8.42 Å². The van der Waals surface area contributed by atoms with Gasteiger partial charge in [0, 0.05) is 0 Å². The second-order valence-corrected chi connectivity index (χ2v) is 7.28. The molecule has 0 aromatic rings. The minimum absolute atomic E-state index is 0.314. The van der Waals surface area contributed by atoms with Crippen LogP contribution < -0.4 is 0 Å². The van der Waals surface area contributed by atoms with Crippen LogP contribution in [0.3, 0.4) is 0 Å². The zero-order valence-corrected chi connectivity index (χ0v) is 8.73. The Morgan fingerprint density at radius 1 is 1.55 bits per heavy atom. The number of hydrogen-bond acceptors (Lipinski definition) is 2. The second kappa shape index (κ2) is 3.27. The molecule has 0 heterocycles. The Bertz CT molecular complexity index is 256. The summed E-state index contributed by atoms with van der Waals surface area (Å²) in [4.78, 5) is 0. The maximum Gasteiger partial charge on any atom is 0.215 e. The van der Waals surface area contributed by atoms with Gasteiger partial charge in [-0.2, -0.15) is 0 Å². The molecule has 0 saturated heterocycles. The van der Waals surface area contributed by atoms with Crippen molar-refractivity contribution in [1.29, 1.82) is 0 Å². The normalized spacial score (nSPS) is 32.2. The van der Waals surface area contributed by atoms with E-state index in [0.717, 1.165) is 12.8 Å². The highest BCUT2D eigenvalue weighted by atomic mass is 79.9. The monoisotopic (exact) mass is 238 g/mol. The van der Waals surface area contributed by atoms with Crippen molar-refractivity contribution in [2.24, 2.45) is 5.92 Å². The molecule has 2 atom stereocenters. The zero-order valence-electron chi connectivity index (χ0n) is 6.33. The van der Waals surface area contributed by atoms with E-state index in [4.69, 9.17) is 0 Å². The van der Waals surface area contributed by atoms with Crippen LogP contribution in [0.1, 0.15) is 19.8 Å². The quantitative estimate of drug-likeness (QED) is 0.518. The molecule has 0 amide bonds.